The summed E-state index contributed by atoms with van der Waals surface area (Å²) in [7, 11) is 1.62. The number of ketones is 1. The summed E-state index contributed by atoms with van der Waals surface area (Å²) in [6.07, 6.45) is 0.569. The molecule has 0 saturated heterocycles. The molecule has 0 fully saturated rings. The highest BCUT2D eigenvalue weighted by Crippen LogP contribution is 2.33. The Bertz CT molecular complexity index is 467. The molecule has 0 N–H and O–H groups in total. The number of hydrogen-bond acceptors (Lipinski definition) is 3. The molecule has 0 saturated carbocycles. The van der Waals surface area contributed by atoms with E-state index >= 15 is 0 Å². The van der Waals surface area contributed by atoms with E-state index in [1.54, 1.807) is 7.11 Å². The van der Waals surface area contributed by atoms with Crippen LogP contribution in [0.4, 0.5) is 0 Å². The molecule has 0 atom stereocenters. The van der Waals surface area contributed by atoms with Crippen LogP contribution < -0.4 is 4.74 Å². The van der Waals surface area contributed by atoms with E-state index in [1.807, 2.05) is 19.1 Å². The third kappa shape index (κ3) is 2.97. The van der Waals surface area contributed by atoms with Gasteiger partial charge in [-0.15, -0.1) is 0 Å². The number of rotatable bonds is 4. The minimum Gasteiger partial charge on any atom is -0.496 e. The fourth-order valence-electron chi connectivity index (χ4n) is 1.92. The van der Waals surface area contributed by atoms with Gasteiger partial charge in [-0.3, -0.25) is 4.79 Å². The number of aryl methyl sites for hydroxylation is 1. The zero-order valence-corrected chi connectivity index (χ0v) is 11.7. The minimum atomic E-state index is -0.143. The average molecular weight is 248 g/mol. The third-order valence-corrected chi connectivity index (χ3v) is 2.92. The fourth-order valence-corrected chi connectivity index (χ4v) is 1.92. The van der Waals surface area contributed by atoms with Gasteiger partial charge in [0, 0.05) is 11.1 Å². The SMILES string of the molecule is COc1cc(C)c(C(=O)CC=O)cc1C(C)(C)C. The Labute approximate surface area is 108 Å². The van der Waals surface area contributed by atoms with Crippen molar-refractivity contribution in [3.8, 4) is 5.75 Å². The lowest BCUT2D eigenvalue weighted by molar-refractivity contribution is -0.107. The van der Waals surface area contributed by atoms with Gasteiger partial charge < -0.3 is 9.53 Å². The summed E-state index contributed by atoms with van der Waals surface area (Å²) in [5, 5.41) is 0. The van der Waals surface area contributed by atoms with Gasteiger partial charge in [0.2, 0.25) is 0 Å². The maximum absolute atomic E-state index is 11.9. The second-order valence-electron chi connectivity index (χ2n) is 5.41. The largest absolute Gasteiger partial charge is 0.496 e. The average Bonchev–Trinajstić information content (AvgIpc) is 2.27. The van der Waals surface area contributed by atoms with Crippen LogP contribution in [-0.4, -0.2) is 19.2 Å². The first-order chi connectivity index (χ1) is 8.31. The van der Waals surface area contributed by atoms with Crippen LogP contribution in [0.15, 0.2) is 12.1 Å². The monoisotopic (exact) mass is 248 g/mol. The summed E-state index contributed by atoms with van der Waals surface area (Å²) in [6, 6.07) is 3.71. The van der Waals surface area contributed by atoms with Crippen molar-refractivity contribution in [3.05, 3.63) is 28.8 Å². The molecule has 18 heavy (non-hydrogen) atoms. The zero-order chi connectivity index (χ0) is 13.9. The highest BCUT2D eigenvalue weighted by Gasteiger charge is 2.22. The van der Waals surface area contributed by atoms with Gasteiger partial charge in [-0.05, 0) is 30.0 Å². The number of carbonyl (C=O) groups excluding carboxylic acids is 2. The van der Waals surface area contributed by atoms with E-state index in [-0.39, 0.29) is 17.6 Å². The molecule has 0 aliphatic heterocycles. The third-order valence-electron chi connectivity index (χ3n) is 2.92. The second-order valence-corrected chi connectivity index (χ2v) is 5.41. The van der Waals surface area contributed by atoms with Gasteiger partial charge in [-0.25, -0.2) is 0 Å². The molecule has 0 aromatic heterocycles. The number of Topliss-reactive ketones (excluding diaryl/α,β-unsaturated/α-hetero) is 1. The van der Waals surface area contributed by atoms with Crippen molar-refractivity contribution < 1.29 is 14.3 Å². The van der Waals surface area contributed by atoms with Gasteiger partial charge in [0.25, 0.3) is 0 Å². The number of aldehydes is 1. The minimum absolute atomic E-state index is 0.0727. The predicted molar refractivity (Wildman–Crippen MR) is 71.4 cm³/mol. The summed E-state index contributed by atoms with van der Waals surface area (Å²) in [4.78, 5) is 22.3. The molecule has 0 radical (unpaired) electrons. The van der Waals surface area contributed by atoms with Crippen LogP contribution in [-0.2, 0) is 10.2 Å². The van der Waals surface area contributed by atoms with Gasteiger partial charge in [-0.1, -0.05) is 20.8 Å². The van der Waals surface area contributed by atoms with E-state index in [0.29, 0.717) is 11.8 Å². The first-order valence-electron chi connectivity index (χ1n) is 5.97. The molecule has 1 aromatic carbocycles. The van der Waals surface area contributed by atoms with Crippen molar-refractivity contribution in [2.24, 2.45) is 0 Å². The van der Waals surface area contributed by atoms with E-state index < -0.39 is 0 Å². The van der Waals surface area contributed by atoms with Gasteiger partial charge in [0.1, 0.15) is 12.0 Å². The Kier molecular flexibility index (Phi) is 4.28. The number of hydrogen-bond donors (Lipinski definition) is 0. The maximum Gasteiger partial charge on any atom is 0.170 e. The van der Waals surface area contributed by atoms with E-state index in [9.17, 15) is 9.59 Å². The Morgan fingerprint density at radius 2 is 1.94 bits per heavy atom. The highest BCUT2D eigenvalue weighted by atomic mass is 16.5. The number of ether oxygens (including phenoxy) is 1. The molecule has 3 heteroatoms. The van der Waals surface area contributed by atoms with Crippen LogP contribution in [0.3, 0.4) is 0 Å². The number of benzene rings is 1. The summed E-state index contributed by atoms with van der Waals surface area (Å²) in [5.74, 6) is 0.637. The summed E-state index contributed by atoms with van der Waals surface area (Å²) >= 11 is 0. The molecule has 0 bridgehead atoms. The number of methoxy groups -OCH3 is 1. The Morgan fingerprint density at radius 3 is 2.39 bits per heavy atom. The molecule has 1 rings (SSSR count). The zero-order valence-electron chi connectivity index (χ0n) is 11.7. The molecule has 0 heterocycles. The van der Waals surface area contributed by atoms with E-state index in [0.717, 1.165) is 16.9 Å². The molecule has 0 aliphatic carbocycles. The van der Waals surface area contributed by atoms with Gasteiger partial charge >= 0.3 is 0 Å². The van der Waals surface area contributed by atoms with Gasteiger partial charge in [-0.2, -0.15) is 0 Å². The normalized spacial score (nSPS) is 11.2. The van der Waals surface area contributed by atoms with Crippen LogP contribution in [0.2, 0.25) is 0 Å². The smallest absolute Gasteiger partial charge is 0.170 e. The topological polar surface area (TPSA) is 43.4 Å². The molecular weight excluding hydrogens is 228 g/mol. The van der Waals surface area contributed by atoms with Crippen LogP contribution in [0.5, 0.6) is 5.75 Å². The van der Waals surface area contributed by atoms with Gasteiger partial charge in [0.15, 0.2) is 5.78 Å². The van der Waals surface area contributed by atoms with Crippen molar-refractivity contribution >= 4 is 12.1 Å². The standard InChI is InChI=1S/C15H20O3/c1-10-8-14(18-5)12(15(2,3)4)9-11(10)13(17)6-7-16/h7-9H,6H2,1-5H3. The van der Waals surface area contributed by atoms with Crippen molar-refractivity contribution in [2.45, 2.75) is 39.5 Å². The molecule has 0 amide bonds. The summed E-state index contributed by atoms with van der Waals surface area (Å²) < 4.78 is 5.37. The second kappa shape index (κ2) is 5.34. The highest BCUT2D eigenvalue weighted by molar-refractivity contribution is 6.04. The lowest BCUT2D eigenvalue weighted by atomic mass is 9.83. The fraction of sp³-hybridized carbons (Fsp3) is 0.467. The van der Waals surface area contributed by atoms with Crippen molar-refractivity contribution in [1.29, 1.82) is 0 Å². The summed E-state index contributed by atoms with van der Waals surface area (Å²) in [6.45, 7) is 8.05. The van der Waals surface area contributed by atoms with Crippen LogP contribution in [0.1, 0.15) is 48.7 Å². The lowest BCUT2D eigenvalue weighted by Gasteiger charge is -2.23. The number of carbonyl (C=O) groups is 2. The van der Waals surface area contributed by atoms with Crippen molar-refractivity contribution in [2.75, 3.05) is 7.11 Å². The van der Waals surface area contributed by atoms with Crippen molar-refractivity contribution in [1.82, 2.24) is 0 Å². The molecule has 0 aliphatic rings. The van der Waals surface area contributed by atoms with E-state index in [4.69, 9.17) is 4.74 Å². The predicted octanol–water partition coefficient (Wildman–Crippen LogP) is 3.07. The quantitative estimate of drug-likeness (QED) is 0.467. The maximum atomic E-state index is 11.9. The lowest BCUT2D eigenvalue weighted by Crippen LogP contribution is -2.15. The Balaban J connectivity index is 3.39. The molecule has 98 valence electrons. The van der Waals surface area contributed by atoms with E-state index in [2.05, 4.69) is 20.8 Å². The van der Waals surface area contributed by atoms with Crippen LogP contribution >= 0.6 is 0 Å². The van der Waals surface area contributed by atoms with Crippen LogP contribution in [0.25, 0.3) is 0 Å². The van der Waals surface area contributed by atoms with Gasteiger partial charge in [0.05, 0.1) is 13.5 Å². The Hall–Kier alpha value is -1.64. The molecule has 3 nitrogen and oxygen atoms in total. The summed E-state index contributed by atoms with van der Waals surface area (Å²) in [5.41, 5.74) is 2.30. The van der Waals surface area contributed by atoms with Crippen molar-refractivity contribution in [3.63, 3.8) is 0 Å². The first-order valence-corrected chi connectivity index (χ1v) is 5.97. The molecular formula is C15H20O3. The Morgan fingerprint density at radius 1 is 1.33 bits per heavy atom. The first kappa shape index (κ1) is 14.4. The van der Waals surface area contributed by atoms with E-state index in [1.165, 1.54) is 0 Å². The molecule has 1 aromatic rings. The van der Waals surface area contributed by atoms with Crippen LogP contribution in [0, 0.1) is 6.92 Å². The molecule has 0 unspecified atom stereocenters. The molecule has 0 spiro atoms.